The quantitative estimate of drug-likeness (QED) is 0.653. The van der Waals surface area contributed by atoms with Crippen LogP contribution in [-0.2, 0) is 14.2 Å². The van der Waals surface area contributed by atoms with Gasteiger partial charge in [0.15, 0.2) is 0 Å². The second kappa shape index (κ2) is 12.9. The van der Waals surface area contributed by atoms with E-state index in [1.807, 2.05) is 25.1 Å². The molecule has 0 saturated heterocycles. The number of benzene rings is 1. The van der Waals surface area contributed by atoms with Crippen LogP contribution in [0.1, 0.15) is 32.3 Å². The fourth-order valence-electron chi connectivity index (χ4n) is 2.96. The number of allylic oxidation sites excluding steroid dienone is 2. The summed E-state index contributed by atoms with van der Waals surface area (Å²) < 4.78 is 15.7. The molecule has 0 saturated carbocycles. The highest BCUT2D eigenvalue weighted by atomic mass is 35.5. The van der Waals surface area contributed by atoms with E-state index in [4.69, 9.17) is 26.8 Å². The number of hydrogen-bond donors (Lipinski definition) is 2. The zero-order chi connectivity index (χ0) is 20.2. The van der Waals surface area contributed by atoms with Gasteiger partial charge in [-0.2, -0.15) is 0 Å². The standard InChI is InChI=1S/C19H27ClN2O2.C2H6O/c1-4-23-11-16-18(12-24-10-9-21)22-14(3)13(2)19(16)15-7-5-6-8-17(15)20;1-3-2/h5-8,19,22H,4,9-12,21H2,1-3H3;1-2H3. The van der Waals surface area contributed by atoms with Crippen LogP contribution in [0.4, 0.5) is 0 Å². The van der Waals surface area contributed by atoms with Gasteiger partial charge in [0.2, 0.25) is 0 Å². The van der Waals surface area contributed by atoms with Crippen molar-refractivity contribution < 1.29 is 14.2 Å². The van der Waals surface area contributed by atoms with Crippen LogP contribution in [-0.4, -0.2) is 47.2 Å². The Morgan fingerprint density at radius 1 is 1.11 bits per heavy atom. The van der Waals surface area contributed by atoms with Crippen molar-refractivity contribution in [3.8, 4) is 0 Å². The maximum atomic E-state index is 6.49. The first kappa shape index (κ1) is 23.7. The topological polar surface area (TPSA) is 65.7 Å². The van der Waals surface area contributed by atoms with Crippen molar-refractivity contribution in [1.29, 1.82) is 0 Å². The zero-order valence-corrected chi connectivity index (χ0v) is 17.9. The number of methoxy groups -OCH3 is 1. The highest BCUT2D eigenvalue weighted by Crippen LogP contribution is 2.40. The average Bonchev–Trinajstić information content (AvgIpc) is 2.65. The Morgan fingerprint density at radius 3 is 2.37 bits per heavy atom. The molecule has 0 radical (unpaired) electrons. The van der Waals surface area contributed by atoms with Crippen LogP contribution in [0, 0.1) is 0 Å². The van der Waals surface area contributed by atoms with Crippen LogP contribution in [0.2, 0.25) is 5.02 Å². The monoisotopic (exact) mass is 396 g/mol. The lowest BCUT2D eigenvalue weighted by molar-refractivity contribution is 0.149. The molecule has 0 bridgehead atoms. The minimum absolute atomic E-state index is 0.1000. The van der Waals surface area contributed by atoms with Gasteiger partial charge in [-0.05, 0) is 43.5 Å². The highest BCUT2D eigenvalue weighted by Gasteiger charge is 2.29. The molecule has 1 aromatic rings. The number of nitrogens with one attached hydrogen (secondary N) is 1. The Balaban J connectivity index is 0.00000114. The van der Waals surface area contributed by atoms with E-state index in [0.29, 0.717) is 33.0 Å². The van der Waals surface area contributed by atoms with Crippen LogP contribution < -0.4 is 11.1 Å². The number of nitrogens with two attached hydrogens (primary N) is 1. The van der Waals surface area contributed by atoms with E-state index < -0.39 is 0 Å². The summed E-state index contributed by atoms with van der Waals surface area (Å²) in [6.45, 7) is 8.97. The molecular formula is C21H33ClN2O3. The van der Waals surface area contributed by atoms with Gasteiger partial charge in [0, 0.05) is 49.7 Å². The van der Waals surface area contributed by atoms with Gasteiger partial charge >= 0.3 is 0 Å². The van der Waals surface area contributed by atoms with Crippen molar-refractivity contribution in [3.63, 3.8) is 0 Å². The first-order valence-electron chi connectivity index (χ1n) is 9.18. The minimum atomic E-state index is 0.1000. The predicted molar refractivity (Wildman–Crippen MR) is 112 cm³/mol. The summed E-state index contributed by atoms with van der Waals surface area (Å²) in [5, 5.41) is 4.24. The second-order valence-corrected chi connectivity index (χ2v) is 6.69. The Bertz CT molecular complexity index is 644. The summed E-state index contributed by atoms with van der Waals surface area (Å²) in [7, 11) is 3.25. The fraction of sp³-hybridized carbons (Fsp3) is 0.524. The van der Waals surface area contributed by atoms with Crippen molar-refractivity contribution in [3.05, 3.63) is 57.4 Å². The normalized spacial score (nSPS) is 16.8. The predicted octanol–water partition coefficient (Wildman–Crippen LogP) is 3.85. The fourth-order valence-corrected chi connectivity index (χ4v) is 3.20. The smallest absolute Gasteiger partial charge is 0.0867 e. The third-order valence-electron chi connectivity index (χ3n) is 4.29. The molecule has 6 heteroatoms. The summed E-state index contributed by atoms with van der Waals surface area (Å²) in [6, 6.07) is 7.99. The van der Waals surface area contributed by atoms with Gasteiger partial charge in [0.25, 0.3) is 0 Å². The first-order valence-corrected chi connectivity index (χ1v) is 9.55. The Kier molecular flexibility index (Phi) is 11.3. The summed E-state index contributed by atoms with van der Waals surface area (Å²) in [6.07, 6.45) is 0. The van der Waals surface area contributed by atoms with Gasteiger partial charge in [0.05, 0.1) is 19.8 Å². The summed E-state index contributed by atoms with van der Waals surface area (Å²) in [5.41, 5.74) is 11.2. The third kappa shape index (κ3) is 6.94. The maximum absolute atomic E-state index is 6.49. The van der Waals surface area contributed by atoms with Gasteiger partial charge in [-0.3, -0.25) is 0 Å². The van der Waals surface area contributed by atoms with Gasteiger partial charge in [-0.25, -0.2) is 0 Å². The van der Waals surface area contributed by atoms with E-state index in [1.165, 1.54) is 11.1 Å². The van der Waals surface area contributed by atoms with Crippen molar-refractivity contribution in [2.75, 3.05) is 47.2 Å². The lowest BCUT2D eigenvalue weighted by Gasteiger charge is -2.33. The molecule has 1 atom stereocenters. The van der Waals surface area contributed by atoms with Crippen LogP contribution in [0.15, 0.2) is 46.8 Å². The zero-order valence-electron chi connectivity index (χ0n) is 17.1. The molecule has 1 unspecified atom stereocenters. The van der Waals surface area contributed by atoms with E-state index in [9.17, 15) is 0 Å². The lowest BCUT2D eigenvalue weighted by Crippen LogP contribution is -2.30. The minimum Gasteiger partial charge on any atom is -0.388 e. The summed E-state index contributed by atoms with van der Waals surface area (Å²) in [5.74, 6) is 0.1000. The van der Waals surface area contributed by atoms with Crippen molar-refractivity contribution in [1.82, 2.24) is 5.32 Å². The molecule has 3 N–H and O–H groups in total. The highest BCUT2D eigenvalue weighted by molar-refractivity contribution is 6.31. The Morgan fingerprint density at radius 2 is 1.78 bits per heavy atom. The second-order valence-electron chi connectivity index (χ2n) is 6.28. The molecule has 2 rings (SSSR count). The van der Waals surface area contributed by atoms with Gasteiger partial charge in [-0.1, -0.05) is 29.8 Å². The molecule has 1 heterocycles. The van der Waals surface area contributed by atoms with E-state index in [2.05, 4.69) is 30.0 Å². The Hall–Kier alpha value is -1.37. The number of halogens is 1. The van der Waals surface area contributed by atoms with Gasteiger partial charge in [-0.15, -0.1) is 0 Å². The van der Waals surface area contributed by atoms with Gasteiger partial charge < -0.3 is 25.3 Å². The summed E-state index contributed by atoms with van der Waals surface area (Å²) in [4.78, 5) is 0. The molecule has 0 fully saturated rings. The molecule has 0 aliphatic carbocycles. The lowest BCUT2D eigenvalue weighted by atomic mass is 9.81. The molecular weight excluding hydrogens is 364 g/mol. The molecule has 1 aliphatic rings. The van der Waals surface area contributed by atoms with Crippen LogP contribution in [0.3, 0.4) is 0 Å². The van der Waals surface area contributed by atoms with E-state index in [-0.39, 0.29) is 5.92 Å². The van der Waals surface area contributed by atoms with Crippen LogP contribution >= 0.6 is 11.6 Å². The molecule has 5 nitrogen and oxygen atoms in total. The van der Waals surface area contributed by atoms with E-state index in [0.717, 1.165) is 22.0 Å². The molecule has 27 heavy (non-hydrogen) atoms. The number of dihydropyridines is 1. The van der Waals surface area contributed by atoms with Crippen molar-refractivity contribution in [2.24, 2.45) is 5.73 Å². The summed E-state index contributed by atoms with van der Waals surface area (Å²) >= 11 is 6.49. The maximum Gasteiger partial charge on any atom is 0.0867 e. The first-order chi connectivity index (χ1) is 13.0. The average molecular weight is 397 g/mol. The number of rotatable bonds is 8. The molecule has 0 spiro atoms. The van der Waals surface area contributed by atoms with E-state index in [1.54, 1.807) is 14.2 Å². The molecule has 0 aromatic heterocycles. The van der Waals surface area contributed by atoms with Gasteiger partial charge in [0.1, 0.15) is 0 Å². The number of hydrogen-bond acceptors (Lipinski definition) is 5. The molecule has 0 amide bonds. The third-order valence-corrected chi connectivity index (χ3v) is 4.63. The van der Waals surface area contributed by atoms with Crippen LogP contribution in [0.25, 0.3) is 0 Å². The van der Waals surface area contributed by atoms with Crippen LogP contribution in [0.5, 0.6) is 0 Å². The SMILES string of the molecule is CCOCC1=C(COCCN)NC(C)=C(C)C1c1ccccc1Cl.COC. The molecule has 1 aromatic carbocycles. The molecule has 1 aliphatic heterocycles. The Labute approximate surface area is 168 Å². The number of ether oxygens (including phenoxy) is 3. The molecule has 152 valence electrons. The van der Waals surface area contributed by atoms with Crippen molar-refractivity contribution in [2.45, 2.75) is 26.7 Å². The largest absolute Gasteiger partial charge is 0.388 e. The van der Waals surface area contributed by atoms with Crippen molar-refractivity contribution >= 4 is 11.6 Å². The van der Waals surface area contributed by atoms with E-state index >= 15 is 0 Å².